The van der Waals surface area contributed by atoms with Crippen LogP contribution >= 0.6 is 61.1 Å². The van der Waals surface area contributed by atoms with Crippen LogP contribution in [-0.4, -0.2) is 17.2 Å². The molecule has 0 saturated carbocycles. The molecule has 2 aromatic rings. The second-order valence-electron chi connectivity index (χ2n) is 4.03. The van der Waals surface area contributed by atoms with Crippen molar-refractivity contribution < 1.29 is 9.90 Å². The summed E-state index contributed by atoms with van der Waals surface area (Å²) in [5.41, 5.74) is 3.50. The molecule has 0 aromatic heterocycles. The van der Waals surface area contributed by atoms with Crippen LogP contribution in [0.3, 0.4) is 0 Å². The first kappa shape index (κ1) is 16.7. The molecule has 2 N–H and O–H groups in total. The lowest BCUT2D eigenvalue weighted by atomic mass is 10.2. The predicted octanol–water partition coefficient (Wildman–Crippen LogP) is 4.13. The highest BCUT2D eigenvalue weighted by molar-refractivity contribution is 14.1. The maximum atomic E-state index is 11.9. The van der Waals surface area contributed by atoms with Crippen LogP contribution in [0, 0.1) is 7.14 Å². The fraction of sp³-hybridized carbons (Fsp3) is 0. The number of hydrazone groups is 1. The average Bonchev–Trinajstić information content (AvgIpc) is 2.44. The van der Waals surface area contributed by atoms with Gasteiger partial charge in [0, 0.05) is 19.2 Å². The van der Waals surface area contributed by atoms with Crippen LogP contribution in [0.15, 0.2) is 46.0 Å². The minimum atomic E-state index is -0.307. The van der Waals surface area contributed by atoms with Gasteiger partial charge in [0.15, 0.2) is 0 Å². The molecule has 0 aliphatic carbocycles. The number of nitrogens with one attached hydrogen (secondary N) is 1. The van der Waals surface area contributed by atoms with E-state index in [1.165, 1.54) is 6.21 Å². The molecular formula is C14H9BrI2N2O2. The Labute approximate surface area is 157 Å². The molecule has 2 rings (SSSR count). The molecule has 7 heteroatoms. The lowest BCUT2D eigenvalue weighted by molar-refractivity contribution is 0.0955. The third-order valence-electron chi connectivity index (χ3n) is 2.53. The third-order valence-corrected chi connectivity index (χ3v) is 4.51. The number of amides is 1. The molecule has 2 aromatic carbocycles. The van der Waals surface area contributed by atoms with E-state index in [1.54, 1.807) is 30.3 Å². The van der Waals surface area contributed by atoms with Crippen molar-refractivity contribution in [3.63, 3.8) is 0 Å². The lowest BCUT2D eigenvalue weighted by Crippen LogP contribution is -2.17. The van der Waals surface area contributed by atoms with Crippen molar-refractivity contribution in [1.29, 1.82) is 0 Å². The number of nitrogens with zero attached hydrogens (tertiary/aromatic N) is 1. The fourth-order valence-electron chi connectivity index (χ4n) is 1.51. The van der Waals surface area contributed by atoms with Crippen molar-refractivity contribution >= 4 is 73.2 Å². The first-order valence-electron chi connectivity index (χ1n) is 5.74. The van der Waals surface area contributed by atoms with Crippen molar-refractivity contribution in [2.45, 2.75) is 0 Å². The number of hydrogen-bond donors (Lipinski definition) is 2. The molecule has 0 unspecified atom stereocenters. The van der Waals surface area contributed by atoms with E-state index < -0.39 is 0 Å². The SMILES string of the molecule is O=C(NN=Cc1cc(I)cc(I)c1O)c1ccc(Br)cc1. The van der Waals surface area contributed by atoms with Crippen LogP contribution < -0.4 is 5.43 Å². The van der Waals surface area contributed by atoms with E-state index in [1.807, 2.05) is 28.7 Å². The highest BCUT2D eigenvalue weighted by Gasteiger charge is 2.06. The number of carbonyl (C=O) groups excluding carboxylic acids is 1. The van der Waals surface area contributed by atoms with E-state index in [9.17, 15) is 9.90 Å². The molecule has 0 aliphatic heterocycles. The van der Waals surface area contributed by atoms with E-state index in [-0.39, 0.29) is 11.7 Å². The van der Waals surface area contributed by atoms with Crippen molar-refractivity contribution in [2.24, 2.45) is 5.10 Å². The van der Waals surface area contributed by atoms with Crippen LogP contribution in [-0.2, 0) is 0 Å². The van der Waals surface area contributed by atoms with Crippen LogP contribution in [0.2, 0.25) is 0 Å². The van der Waals surface area contributed by atoms with Gasteiger partial charge in [0.1, 0.15) is 5.75 Å². The van der Waals surface area contributed by atoms with Crippen molar-refractivity contribution in [3.8, 4) is 5.75 Å². The number of carbonyl (C=O) groups is 1. The molecule has 21 heavy (non-hydrogen) atoms. The molecule has 108 valence electrons. The molecule has 1 amide bonds. The first-order valence-corrected chi connectivity index (χ1v) is 8.69. The van der Waals surface area contributed by atoms with Crippen molar-refractivity contribution in [3.05, 3.63) is 59.1 Å². The molecular weight excluding hydrogens is 562 g/mol. The highest BCUT2D eigenvalue weighted by Crippen LogP contribution is 2.25. The van der Waals surface area contributed by atoms with Crippen molar-refractivity contribution in [1.82, 2.24) is 5.43 Å². The number of rotatable bonds is 3. The van der Waals surface area contributed by atoms with Gasteiger partial charge in [-0.3, -0.25) is 4.79 Å². The van der Waals surface area contributed by atoms with Gasteiger partial charge < -0.3 is 5.11 Å². The molecule has 0 heterocycles. The Morgan fingerprint density at radius 2 is 1.90 bits per heavy atom. The summed E-state index contributed by atoms with van der Waals surface area (Å²) < 4.78 is 2.62. The summed E-state index contributed by atoms with van der Waals surface area (Å²) in [6, 6.07) is 10.6. The largest absolute Gasteiger partial charge is 0.506 e. The normalized spacial score (nSPS) is 10.8. The number of halogens is 3. The Kier molecular flexibility index (Phi) is 5.99. The van der Waals surface area contributed by atoms with Gasteiger partial charge in [0.25, 0.3) is 5.91 Å². The summed E-state index contributed by atoms with van der Waals surface area (Å²) in [5, 5.41) is 13.8. The number of aromatic hydroxyl groups is 1. The third kappa shape index (κ3) is 4.65. The fourth-order valence-corrected chi connectivity index (χ4v) is 3.66. The zero-order valence-electron chi connectivity index (χ0n) is 10.5. The van der Waals surface area contributed by atoms with E-state index in [4.69, 9.17) is 0 Å². The second-order valence-corrected chi connectivity index (χ2v) is 7.35. The summed E-state index contributed by atoms with van der Waals surface area (Å²) >= 11 is 7.51. The predicted molar refractivity (Wildman–Crippen MR) is 103 cm³/mol. The van der Waals surface area contributed by atoms with Crippen LogP contribution in [0.5, 0.6) is 5.75 Å². The highest BCUT2D eigenvalue weighted by atomic mass is 127. The topological polar surface area (TPSA) is 61.7 Å². The van der Waals surface area contributed by atoms with Gasteiger partial charge in [-0.05, 0) is 81.6 Å². The monoisotopic (exact) mass is 570 g/mol. The molecule has 0 saturated heterocycles. The molecule has 0 spiro atoms. The van der Waals surface area contributed by atoms with Crippen LogP contribution in [0.4, 0.5) is 0 Å². The number of phenols is 1. The van der Waals surface area contributed by atoms with E-state index in [0.29, 0.717) is 11.1 Å². The number of hydrogen-bond acceptors (Lipinski definition) is 3. The Morgan fingerprint density at radius 3 is 2.57 bits per heavy atom. The van der Waals surface area contributed by atoms with Crippen molar-refractivity contribution in [2.75, 3.05) is 0 Å². The molecule has 0 radical (unpaired) electrons. The Balaban J connectivity index is 2.09. The molecule has 0 bridgehead atoms. The molecule has 0 atom stereocenters. The number of phenolic OH excluding ortho intramolecular Hbond substituents is 1. The summed E-state index contributed by atoms with van der Waals surface area (Å²) in [7, 11) is 0. The smallest absolute Gasteiger partial charge is 0.271 e. The van der Waals surface area contributed by atoms with Gasteiger partial charge in [0.2, 0.25) is 0 Å². The first-order chi connectivity index (χ1) is 9.97. The summed E-state index contributed by atoms with van der Waals surface area (Å²) in [6.07, 6.45) is 1.43. The van der Waals surface area contributed by atoms with E-state index in [2.05, 4.69) is 49.0 Å². The van der Waals surface area contributed by atoms with Gasteiger partial charge >= 0.3 is 0 Å². The zero-order chi connectivity index (χ0) is 15.4. The average molecular weight is 571 g/mol. The summed E-state index contributed by atoms with van der Waals surface area (Å²) in [6.45, 7) is 0. The van der Waals surface area contributed by atoms with Crippen LogP contribution in [0.25, 0.3) is 0 Å². The standard InChI is InChI=1S/C14H9BrI2N2O2/c15-10-3-1-8(2-4-10)14(21)19-18-7-9-5-11(16)6-12(17)13(9)20/h1-7,20H,(H,19,21). The Hall–Kier alpha value is -0.680. The summed E-state index contributed by atoms with van der Waals surface area (Å²) in [5.74, 6) is -0.156. The van der Waals surface area contributed by atoms with E-state index >= 15 is 0 Å². The zero-order valence-corrected chi connectivity index (χ0v) is 16.4. The van der Waals surface area contributed by atoms with Gasteiger partial charge in [-0.2, -0.15) is 5.10 Å². The summed E-state index contributed by atoms with van der Waals surface area (Å²) in [4.78, 5) is 11.9. The Bertz CT molecular complexity index is 703. The van der Waals surface area contributed by atoms with Gasteiger partial charge in [-0.15, -0.1) is 0 Å². The lowest BCUT2D eigenvalue weighted by Gasteiger charge is -2.03. The maximum Gasteiger partial charge on any atom is 0.271 e. The molecule has 4 nitrogen and oxygen atoms in total. The second kappa shape index (κ2) is 7.54. The quantitative estimate of drug-likeness (QED) is 0.331. The Morgan fingerprint density at radius 1 is 1.24 bits per heavy atom. The minimum absolute atomic E-state index is 0.151. The van der Waals surface area contributed by atoms with Gasteiger partial charge in [0.05, 0.1) is 9.78 Å². The van der Waals surface area contributed by atoms with Crippen LogP contribution in [0.1, 0.15) is 15.9 Å². The van der Waals surface area contributed by atoms with Gasteiger partial charge in [-0.25, -0.2) is 5.43 Å². The van der Waals surface area contributed by atoms with E-state index in [0.717, 1.165) is 11.6 Å². The maximum absolute atomic E-state index is 11.9. The molecule has 0 aliphatic rings. The van der Waals surface area contributed by atoms with Gasteiger partial charge in [-0.1, -0.05) is 15.9 Å². The number of benzene rings is 2. The molecule has 0 fully saturated rings. The minimum Gasteiger partial charge on any atom is -0.506 e.